The zero-order valence-electron chi connectivity index (χ0n) is 10.1. The molecule has 1 aliphatic rings. The molecule has 1 fully saturated rings. The highest BCUT2D eigenvalue weighted by Crippen LogP contribution is 2.26. The summed E-state index contributed by atoms with van der Waals surface area (Å²) >= 11 is 0. The molecule has 1 aromatic rings. The molecule has 2 nitrogen and oxygen atoms in total. The van der Waals surface area contributed by atoms with Gasteiger partial charge >= 0.3 is 0 Å². The lowest BCUT2D eigenvalue weighted by Crippen LogP contribution is -2.46. The second-order valence-electron chi connectivity index (χ2n) is 4.25. The standard InChI is InChI=1S/C12H14F4N2.ClH/c13-7-11(18-3-1-17-2-4-18)9-5-8(14)6-10(15)12(9)16;/h5-6,11,17H,1-4,7H2;1H/t11-;/m0./s1. The van der Waals surface area contributed by atoms with Gasteiger partial charge in [0.25, 0.3) is 0 Å². The molecular weight excluding hydrogens is 284 g/mol. The molecule has 0 aliphatic carbocycles. The van der Waals surface area contributed by atoms with E-state index < -0.39 is 30.2 Å². The highest BCUT2D eigenvalue weighted by molar-refractivity contribution is 5.85. The van der Waals surface area contributed by atoms with Gasteiger partial charge in [0.1, 0.15) is 12.5 Å². The van der Waals surface area contributed by atoms with Crippen LogP contribution in [0.2, 0.25) is 0 Å². The summed E-state index contributed by atoms with van der Waals surface area (Å²) < 4.78 is 53.0. The number of rotatable bonds is 3. The number of nitrogens with zero attached hydrogens (tertiary/aromatic N) is 1. The maximum atomic E-state index is 13.6. The van der Waals surface area contributed by atoms with E-state index in [0.717, 1.165) is 6.07 Å². The summed E-state index contributed by atoms with van der Waals surface area (Å²) in [5, 5.41) is 3.08. The van der Waals surface area contributed by atoms with E-state index in [1.54, 1.807) is 4.90 Å². The first kappa shape index (κ1) is 16.2. The van der Waals surface area contributed by atoms with Crippen molar-refractivity contribution in [2.24, 2.45) is 0 Å². The first-order valence-electron chi connectivity index (χ1n) is 5.78. The molecular formula is C12H15ClF4N2. The maximum Gasteiger partial charge on any atom is 0.163 e. The van der Waals surface area contributed by atoms with Gasteiger partial charge in [-0.2, -0.15) is 0 Å². The fourth-order valence-corrected chi connectivity index (χ4v) is 2.19. The summed E-state index contributed by atoms with van der Waals surface area (Å²) in [6.45, 7) is 1.46. The molecule has 0 unspecified atom stereocenters. The van der Waals surface area contributed by atoms with E-state index >= 15 is 0 Å². The maximum absolute atomic E-state index is 13.6. The van der Waals surface area contributed by atoms with E-state index in [4.69, 9.17) is 0 Å². The normalized spacial score (nSPS) is 17.9. The monoisotopic (exact) mass is 298 g/mol. The van der Waals surface area contributed by atoms with E-state index in [-0.39, 0.29) is 18.0 Å². The van der Waals surface area contributed by atoms with Gasteiger partial charge in [0, 0.05) is 37.8 Å². The lowest BCUT2D eigenvalue weighted by molar-refractivity contribution is 0.143. The summed E-state index contributed by atoms with van der Waals surface area (Å²) in [5.74, 6) is -3.34. The molecule has 1 heterocycles. The van der Waals surface area contributed by atoms with E-state index in [1.807, 2.05) is 0 Å². The van der Waals surface area contributed by atoms with Crippen molar-refractivity contribution in [3.8, 4) is 0 Å². The fraction of sp³-hybridized carbons (Fsp3) is 0.500. The first-order chi connectivity index (χ1) is 8.63. The zero-order chi connectivity index (χ0) is 13.1. The van der Waals surface area contributed by atoms with E-state index in [9.17, 15) is 17.6 Å². The average Bonchev–Trinajstić information content (AvgIpc) is 2.37. The van der Waals surface area contributed by atoms with Crippen LogP contribution in [0.1, 0.15) is 11.6 Å². The number of piperazine rings is 1. The molecule has 1 aliphatic heterocycles. The van der Waals surface area contributed by atoms with Crippen LogP contribution in [0.3, 0.4) is 0 Å². The van der Waals surface area contributed by atoms with Gasteiger partial charge in [-0.3, -0.25) is 4.90 Å². The average molecular weight is 299 g/mol. The second kappa shape index (κ2) is 7.07. The Balaban J connectivity index is 0.00000180. The van der Waals surface area contributed by atoms with Crippen LogP contribution in [-0.4, -0.2) is 37.8 Å². The van der Waals surface area contributed by atoms with E-state index in [2.05, 4.69) is 5.32 Å². The quantitative estimate of drug-likeness (QED) is 0.681. The van der Waals surface area contributed by atoms with Crippen molar-refractivity contribution in [2.45, 2.75) is 6.04 Å². The topological polar surface area (TPSA) is 15.3 Å². The summed E-state index contributed by atoms with van der Waals surface area (Å²) in [5.41, 5.74) is -0.253. The van der Waals surface area contributed by atoms with Gasteiger partial charge in [-0.25, -0.2) is 17.6 Å². The Morgan fingerprint density at radius 3 is 2.37 bits per heavy atom. The Labute approximate surface area is 115 Å². The van der Waals surface area contributed by atoms with Crippen LogP contribution in [0.15, 0.2) is 12.1 Å². The molecule has 1 aromatic carbocycles. The van der Waals surface area contributed by atoms with Crippen molar-refractivity contribution in [3.05, 3.63) is 35.1 Å². The number of halogens is 5. The summed E-state index contributed by atoms with van der Waals surface area (Å²) in [4.78, 5) is 1.69. The molecule has 0 aromatic heterocycles. The molecule has 0 amide bonds. The number of benzene rings is 1. The Hall–Kier alpha value is -0.850. The van der Waals surface area contributed by atoms with Gasteiger partial charge < -0.3 is 5.32 Å². The molecule has 0 bridgehead atoms. The van der Waals surface area contributed by atoms with Crippen LogP contribution in [-0.2, 0) is 0 Å². The minimum Gasteiger partial charge on any atom is -0.314 e. The highest BCUT2D eigenvalue weighted by Gasteiger charge is 2.26. The fourth-order valence-electron chi connectivity index (χ4n) is 2.19. The predicted molar refractivity (Wildman–Crippen MR) is 66.7 cm³/mol. The lowest BCUT2D eigenvalue weighted by atomic mass is 10.0. The molecule has 0 saturated carbocycles. The van der Waals surface area contributed by atoms with Crippen molar-refractivity contribution in [1.82, 2.24) is 10.2 Å². The van der Waals surface area contributed by atoms with Gasteiger partial charge in [0.05, 0.1) is 6.04 Å². The molecule has 1 saturated heterocycles. The van der Waals surface area contributed by atoms with Crippen LogP contribution in [0, 0.1) is 17.5 Å². The van der Waals surface area contributed by atoms with Crippen LogP contribution in [0.4, 0.5) is 17.6 Å². The van der Waals surface area contributed by atoms with Crippen molar-refractivity contribution in [2.75, 3.05) is 32.9 Å². The van der Waals surface area contributed by atoms with Crippen LogP contribution >= 0.6 is 12.4 Å². The van der Waals surface area contributed by atoms with E-state index in [1.165, 1.54) is 0 Å². The largest absolute Gasteiger partial charge is 0.314 e. The summed E-state index contributed by atoms with van der Waals surface area (Å²) in [7, 11) is 0. The number of alkyl halides is 1. The number of hydrogen-bond donors (Lipinski definition) is 1. The third-order valence-corrected chi connectivity index (χ3v) is 3.12. The molecule has 0 radical (unpaired) electrons. The van der Waals surface area contributed by atoms with E-state index in [0.29, 0.717) is 32.2 Å². The molecule has 7 heteroatoms. The third kappa shape index (κ3) is 3.58. The highest BCUT2D eigenvalue weighted by atomic mass is 35.5. The predicted octanol–water partition coefficient (Wildman–Crippen LogP) is 2.44. The molecule has 2 rings (SSSR count). The van der Waals surface area contributed by atoms with Gasteiger partial charge in [0.15, 0.2) is 11.6 Å². The smallest absolute Gasteiger partial charge is 0.163 e. The zero-order valence-corrected chi connectivity index (χ0v) is 11.0. The molecule has 108 valence electrons. The number of nitrogens with one attached hydrogen (secondary N) is 1. The van der Waals surface area contributed by atoms with Crippen LogP contribution in [0.25, 0.3) is 0 Å². The third-order valence-electron chi connectivity index (χ3n) is 3.12. The minimum atomic E-state index is -1.28. The van der Waals surface area contributed by atoms with Gasteiger partial charge in [-0.1, -0.05) is 0 Å². The Bertz CT molecular complexity index is 424. The molecule has 0 spiro atoms. The Kier molecular flexibility index (Phi) is 6.03. The summed E-state index contributed by atoms with van der Waals surface area (Å²) in [6.07, 6.45) is 0. The van der Waals surface area contributed by atoms with Gasteiger partial charge in [0.2, 0.25) is 0 Å². The van der Waals surface area contributed by atoms with Gasteiger partial charge in [-0.15, -0.1) is 12.4 Å². The van der Waals surface area contributed by atoms with Gasteiger partial charge in [-0.05, 0) is 6.07 Å². The first-order valence-corrected chi connectivity index (χ1v) is 5.78. The van der Waals surface area contributed by atoms with Crippen molar-refractivity contribution >= 4 is 12.4 Å². The van der Waals surface area contributed by atoms with Crippen LogP contribution < -0.4 is 5.32 Å². The molecule has 19 heavy (non-hydrogen) atoms. The minimum absolute atomic E-state index is 0. The molecule has 1 N–H and O–H groups in total. The van der Waals surface area contributed by atoms with Crippen molar-refractivity contribution in [3.63, 3.8) is 0 Å². The number of hydrogen-bond acceptors (Lipinski definition) is 2. The Morgan fingerprint density at radius 1 is 1.16 bits per heavy atom. The second-order valence-corrected chi connectivity index (χ2v) is 4.25. The Morgan fingerprint density at radius 2 is 1.79 bits per heavy atom. The van der Waals surface area contributed by atoms with Crippen molar-refractivity contribution < 1.29 is 17.6 Å². The van der Waals surface area contributed by atoms with Crippen molar-refractivity contribution in [1.29, 1.82) is 0 Å². The lowest BCUT2D eigenvalue weighted by Gasteiger charge is -2.33. The molecule has 1 atom stereocenters. The SMILES string of the molecule is Cl.FC[C@@H](c1cc(F)cc(F)c1F)N1CCNCC1. The summed E-state index contributed by atoms with van der Waals surface area (Å²) in [6, 6.07) is 0.397. The van der Waals surface area contributed by atoms with Crippen LogP contribution in [0.5, 0.6) is 0 Å².